The fourth-order valence-corrected chi connectivity index (χ4v) is 3.72. The van der Waals surface area contributed by atoms with Crippen molar-refractivity contribution in [2.45, 2.75) is 40.2 Å². The van der Waals surface area contributed by atoms with E-state index in [1.165, 1.54) is 5.56 Å². The van der Waals surface area contributed by atoms with Gasteiger partial charge in [0.15, 0.2) is 5.69 Å². The van der Waals surface area contributed by atoms with Gasteiger partial charge in [-0.2, -0.15) is 0 Å². The zero-order chi connectivity index (χ0) is 19.8. The molecule has 1 aliphatic heterocycles. The van der Waals surface area contributed by atoms with Crippen molar-refractivity contribution in [3.63, 3.8) is 0 Å². The molecule has 1 unspecified atom stereocenters. The third-order valence-electron chi connectivity index (χ3n) is 5.17. The molecule has 0 fully saturated rings. The molecule has 2 aromatic carbocycles. The molecule has 28 heavy (non-hydrogen) atoms. The molecule has 144 valence electrons. The lowest BCUT2D eigenvalue weighted by Gasteiger charge is -2.28. The van der Waals surface area contributed by atoms with Crippen molar-refractivity contribution >= 4 is 5.91 Å². The average molecular weight is 376 g/mol. The Morgan fingerprint density at radius 1 is 1.11 bits per heavy atom. The number of benzene rings is 2. The first kappa shape index (κ1) is 18.2. The summed E-state index contributed by atoms with van der Waals surface area (Å²) in [6.45, 7) is 8.56. The number of carbonyl (C=O) groups excluding carboxylic acids is 1. The summed E-state index contributed by atoms with van der Waals surface area (Å²) in [4.78, 5) is 12.9. The summed E-state index contributed by atoms with van der Waals surface area (Å²) < 4.78 is 7.53. The van der Waals surface area contributed by atoms with E-state index >= 15 is 0 Å². The van der Waals surface area contributed by atoms with E-state index in [9.17, 15) is 4.79 Å². The molecule has 1 atom stereocenters. The number of hydrogen-bond acceptors (Lipinski definition) is 4. The van der Waals surface area contributed by atoms with Crippen LogP contribution in [0.2, 0.25) is 0 Å². The van der Waals surface area contributed by atoms with Crippen LogP contribution >= 0.6 is 0 Å². The van der Waals surface area contributed by atoms with Gasteiger partial charge in [0.25, 0.3) is 5.91 Å². The van der Waals surface area contributed by atoms with Crippen LogP contribution in [0.3, 0.4) is 0 Å². The van der Waals surface area contributed by atoms with Crippen LogP contribution in [-0.4, -0.2) is 27.5 Å². The van der Waals surface area contributed by atoms with Crippen molar-refractivity contribution in [3.8, 4) is 11.4 Å². The molecule has 6 nitrogen and oxygen atoms in total. The van der Waals surface area contributed by atoms with Crippen molar-refractivity contribution in [1.29, 1.82) is 0 Å². The number of nitrogens with zero attached hydrogens (tertiary/aromatic N) is 3. The van der Waals surface area contributed by atoms with E-state index in [4.69, 9.17) is 4.74 Å². The van der Waals surface area contributed by atoms with Crippen LogP contribution in [0, 0.1) is 27.7 Å². The number of carbonyl (C=O) groups is 1. The van der Waals surface area contributed by atoms with Crippen LogP contribution in [0.5, 0.6) is 5.75 Å². The third kappa shape index (κ3) is 3.26. The molecule has 0 bridgehead atoms. The molecule has 1 amide bonds. The van der Waals surface area contributed by atoms with Crippen LogP contribution in [-0.2, 0) is 0 Å². The molecule has 0 saturated carbocycles. The van der Waals surface area contributed by atoms with Gasteiger partial charge in [-0.1, -0.05) is 40.6 Å². The number of hydrogen-bond donors (Lipinski definition) is 1. The molecule has 0 saturated heterocycles. The number of ether oxygens (including phenoxy) is 1. The second kappa shape index (κ2) is 7.11. The molecule has 1 N–H and O–H groups in total. The number of amides is 1. The van der Waals surface area contributed by atoms with E-state index in [1.54, 1.807) is 4.68 Å². The van der Waals surface area contributed by atoms with Crippen LogP contribution < -0.4 is 10.1 Å². The zero-order valence-electron chi connectivity index (χ0n) is 16.6. The maximum atomic E-state index is 12.9. The van der Waals surface area contributed by atoms with Crippen molar-refractivity contribution in [2.75, 3.05) is 6.61 Å². The Morgan fingerprint density at radius 2 is 1.86 bits per heavy atom. The summed E-state index contributed by atoms with van der Waals surface area (Å²) in [5.41, 5.74) is 6.39. The van der Waals surface area contributed by atoms with Crippen LogP contribution in [0.4, 0.5) is 0 Å². The minimum atomic E-state index is -0.215. The highest BCUT2D eigenvalue weighted by molar-refractivity contribution is 5.93. The molecular formula is C22H24N4O2. The van der Waals surface area contributed by atoms with Gasteiger partial charge in [0.05, 0.1) is 24.0 Å². The smallest absolute Gasteiger partial charge is 0.274 e. The summed E-state index contributed by atoms with van der Waals surface area (Å²) in [6.07, 6.45) is 0.729. The first-order chi connectivity index (χ1) is 13.4. The van der Waals surface area contributed by atoms with Gasteiger partial charge in [0.1, 0.15) is 5.75 Å². The Morgan fingerprint density at radius 3 is 2.61 bits per heavy atom. The minimum Gasteiger partial charge on any atom is -0.493 e. The molecule has 1 aromatic heterocycles. The Bertz CT molecular complexity index is 1040. The van der Waals surface area contributed by atoms with Gasteiger partial charge in [0.2, 0.25) is 0 Å². The van der Waals surface area contributed by atoms with Gasteiger partial charge >= 0.3 is 0 Å². The molecular weight excluding hydrogens is 352 g/mol. The molecule has 0 spiro atoms. The second-order valence-electron chi connectivity index (χ2n) is 7.43. The number of rotatable bonds is 3. The van der Waals surface area contributed by atoms with E-state index in [1.807, 2.05) is 45.0 Å². The lowest BCUT2D eigenvalue weighted by atomic mass is 9.95. The largest absolute Gasteiger partial charge is 0.493 e. The highest BCUT2D eigenvalue weighted by Gasteiger charge is 2.27. The molecule has 4 rings (SSSR count). The summed E-state index contributed by atoms with van der Waals surface area (Å²) in [5, 5.41) is 11.4. The number of aromatic nitrogens is 3. The monoisotopic (exact) mass is 376 g/mol. The maximum Gasteiger partial charge on any atom is 0.274 e. The van der Waals surface area contributed by atoms with Gasteiger partial charge < -0.3 is 10.1 Å². The fourth-order valence-electron chi connectivity index (χ4n) is 3.72. The Balaban J connectivity index is 1.60. The second-order valence-corrected chi connectivity index (χ2v) is 7.43. The van der Waals surface area contributed by atoms with Crippen LogP contribution in [0.1, 0.15) is 50.9 Å². The molecule has 1 aliphatic rings. The van der Waals surface area contributed by atoms with Gasteiger partial charge in [-0.25, -0.2) is 4.68 Å². The summed E-state index contributed by atoms with van der Waals surface area (Å²) in [6, 6.07) is 12.1. The normalized spacial score (nSPS) is 15.6. The van der Waals surface area contributed by atoms with E-state index in [-0.39, 0.29) is 11.9 Å². The molecule has 3 aromatic rings. The lowest BCUT2D eigenvalue weighted by molar-refractivity contribution is 0.0918. The third-order valence-corrected chi connectivity index (χ3v) is 5.17. The first-order valence-corrected chi connectivity index (χ1v) is 9.48. The fraction of sp³-hybridized carbons (Fsp3) is 0.318. The standard InChI is InChI=1S/C22H24N4O2/c1-13-5-7-17(8-6-13)26-16(4)20(24-25-26)22(27)23-19-9-10-28-21-15(3)11-14(2)12-18(19)21/h5-8,11-12,19H,9-10H2,1-4H3,(H,23,27). The molecule has 0 aliphatic carbocycles. The van der Waals surface area contributed by atoms with Gasteiger partial charge in [-0.05, 0) is 45.4 Å². The first-order valence-electron chi connectivity index (χ1n) is 9.48. The predicted octanol–water partition coefficient (Wildman–Crippen LogP) is 3.75. The summed E-state index contributed by atoms with van der Waals surface area (Å²) in [5.74, 6) is 0.662. The number of fused-ring (bicyclic) bond motifs is 1. The highest BCUT2D eigenvalue weighted by Crippen LogP contribution is 2.35. The Hall–Kier alpha value is -3.15. The van der Waals surface area contributed by atoms with Crippen molar-refractivity contribution in [3.05, 3.63) is 70.0 Å². The molecule has 0 radical (unpaired) electrons. The number of nitrogens with one attached hydrogen (secondary N) is 1. The van der Waals surface area contributed by atoms with Gasteiger partial charge in [-0.15, -0.1) is 5.10 Å². The van der Waals surface area contributed by atoms with E-state index in [0.717, 1.165) is 34.5 Å². The van der Waals surface area contributed by atoms with Gasteiger partial charge in [-0.3, -0.25) is 4.79 Å². The highest BCUT2D eigenvalue weighted by atomic mass is 16.5. The lowest BCUT2D eigenvalue weighted by Crippen LogP contribution is -2.33. The SMILES string of the molecule is Cc1ccc(-n2nnc(C(=O)NC3CCOc4c(C)cc(C)cc43)c2C)cc1. The molecule has 6 heteroatoms. The quantitative estimate of drug-likeness (QED) is 0.756. The van der Waals surface area contributed by atoms with Crippen molar-refractivity contribution in [2.24, 2.45) is 0 Å². The van der Waals surface area contributed by atoms with E-state index < -0.39 is 0 Å². The van der Waals surface area contributed by atoms with E-state index in [0.29, 0.717) is 18.0 Å². The average Bonchev–Trinajstić information content (AvgIpc) is 3.04. The van der Waals surface area contributed by atoms with Crippen molar-refractivity contribution in [1.82, 2.24) is 20.3 Å². The maximum absolute atomic E-state index is 12.9. The summed E-state index contributed by atoms with van der Waals surface area (Å²) >= 11 is 0. The van der Waals surface area contributed by atoms with Gasteiger partial charge in [0, 0.05) is 12.0 Å². The van der Waals surface area contributed by atoms with Crippen LogP contribution in [0.15, 0.2) is 36.4 Å². The minimum absolute atomic E-state index is 0.0984. The van der Waals surface area contributed by atoms with E-state index in [2.05, 4.69) is 34.7 Å². The predicted molar refractivity (Wildman–Crippen MR) is 107 cm³/mol. The topological polar surface area (TPSA) is 69.0 Å². The zero-order valence-corrected chi connectivity index (χ0v) is 16.6. The van der Waals surface area contributed by atoms with Crippen LogP contribution in [0.25, 0.3) is 5.69 Å². The summed E-state index contributed by atoms with van der Waals surface area (Å²) in [7, 11) is 0. The Kier molecular flexibility index (Phi) is 4.63. The number of aryl methyl sites for hydroxylation is 3. The van der Waals surface area contributed by atoms with Crippen molar-refractivity contribution < 1.29 is 9.53 Å². The Labute approximate surface area is 164 Å². The molecule has 2 heterocycles.